The molecule has 1 rings (SSSR count). The van der Waals surface area contributed by atoms with E-state index < -0.39 is 30.4 Å². The first-order chi connectivity index (χ1) is 8.49. The van der Waals surface area contributed by atoms with E-state index in [1.807, 2.05) is 0 Å². The van der Waals surface area contributed by atoms with Crippen molar-refractivity contribution in [2.45, 2.75) is 19.0 Å². The molecule has 0 aliphatic carbocycles. The number of urea groups is 1. The molecular weight excluding hydrogens is 246 g/mol. The number of nitrogens with two attached hydrogens (primary N) is 1. The summed E-state index contributed by atoms with van der Waals surface area (Å²) in [5.74, 6) is -1.96. The summed E-state index contributed by atoms with van der Waals surface area (Å²) >= 11 is 0. The number of hydrogen-bond donors (Lipinski definition) is 5. The van der Waals surface area contributed by atoms with Gasteiger partial charge in [0, 0.05) is 0 Å². The molecule has 0 fully saturated rings. The largest absolute Gasteiger partial charge is 0.480 e. The molecule has 1 aromatic rings. The van der Waals surface area contributed by atoms with Crippen LogP contribution in [-0.4, -0.2) is 49.7 Å². The molecule has 3 amide bonds. The summed E-state index contributed by atoms with van der Waals surface area (Å²) in [5.41, 5.74) is 4.85. The molecule has 0 saturated heterocycles. The number of amides is 3. The number of carbonyl (C=O) groups excluding carboxylic acids is 2. The second-order valence-electron chi connectivity index (χ2n) is 3.22. The van der Waals surface area contributed by atoms with Crippen LogP contribution in [-0.2, 0) is 16.1 Å². The highest BCUT2D eigenvalue weighted by molar-refractivity contribution is 5.87. The summed E-state index contributed by atoms with van der Waals surface area (Å²) in [7, 11) is 0. The number of H-pyrrole nitrogens is 1. The Balaban J connectivity index is 2.41. The number of tetrazole rings is 1. The van der Waals surface area contributed by atoms with Gasteiger partial charge in [-0.15, -0.1) is 10.2 Å². The lowest BCUT2D eigenvalue weighted by molar-refractivity contribution is -0.140. The molecule has 0 radical (unpaired) electrons. The van der Waals surface area contributed by atoms with Crippen LogP contribution in [0.4, 0.5) is 4.79 Å². The molecule has 0 bridgehead atoms. The first-order valence-corrected chi connectivity index (χ1v) is 4.77. The van der Waals surface area contributed by atoms with Crippen LogP contribution in [0.5, 0.6) is 0 Å². The number of nitrogens with zero attached hydrogens (tertiary/aromatic N) is 3. The number of aliphatic carboxylic acids is 1. The quantitative estimate of drug-likeness (QED) is 0.369. The number of carbonyl (C=O) groups is 3. The van der Waals surface area contributed by atoms with E-state index in [1.54, 1.807) is 0 Å². The molecule has 0 aliphatic rings. The number of hydrogen-bond acceptors (Lipinski definition) is 6. The lowest BCUT2D eigenvalue weighted by Gasteiger charge is -2.12. The van der Waals surface area contributed by atoms with Gasteiger partial charge in [-0.05, 0) is 0 Å². The molecular formula is C7H11N7O4. The lowest BCUT2D eigenvalue weighted by Crippen LogP contribution is -2.47. The Morgan fingerprint density at radius 2 is 2.17 bits per heavy atom. The van der Waals surface area contributed by atoms with Crippen LogP contribution >= 0.6 is 0 Å². The van der Waals surface area contributed by atoms with Gasteiger partial charge < -0.3 is 21.5 Å². The van der Waals surface area contributed by atoms with Crippen molar-refractivity contribution in [1.29, 1.82) is 0 Å². The molecule has 98 valence electrons. The highest BCUT2D eigenvalue weighted by Gasteiger charge is 2.21. The van der Waals surface area contributed by atoms with E-state index in [4.69, 9.17) is 10.8 Å². The average Bonchev–Trinajstić information content (AvgIpc) is 2.77. The minimum atomic E-state index is -1.38. The van der Waals surface area contributed by atoms with Gasteiger partial charge in [0.2, 0.25) is 5.91 Å². The van der Waals surface area contributed by atoms with Gasteiger partial charge in [-0.25, -0.2) is 9.59 Å². The zero-order valence-electron chi connectivity index (χ0n) is 9.08. The summed E-state index contributed by atoms with van der Waals surface area (Å²) in [4.78, 5) is 32.6. The number of aromatic amines is 1. The van der Waals surface area contributed by atoms with Gasteiger partial charge in [0.05, 0.1) is 13.0 Å². The van der Waals surface area contributed by atoms with Crippen LogP contribution in [0.2, 0.25) is 0 Å². The molecule has 1 atom stereocenters. The van der Waals surface area contributed by atoms with Gasteiger partial charge in [-0.1, -0.05) is 5.21 Å². The van der Waals surface area contributed by atoms with Gasteiger partial charge in [0.1, 0.15) is 6.04 Å². The normalized spacial score (nSPS) is 11.6. The summed E-state index contributed by atoms with van der Waals surface area (Å²) in [6, 6.07) is -2.17. The molecule has 0 spiro atoms. The van der Waals surface area contributed by atoms with E-state index in [2.05, 4.69) is 31.3 Å². The lowest BCUT2D eigenvalue weighted by atomic mass is 10.2. The van der Waals surface area contributed by atoms with Gasteiger partial charge in [-0.3, -0.25) is 4.79 Å². The molecule has 11 heteroatoms. The van der Waals surface area contributed by atoms with Crippen LogP contribution in [0.15, 0.2) is 0 Å². The van der Waals surface area contributed by atoms with Gasteiger partial charge in [-0.2, -0.15) is 5.21 Å². The first kappa shape index (κ1) is 13.3. The standard InChI is InChI=1S/C7H11N7O4/c8-4(15)1-3(6(16)17)10-7(18)9-2-5-11-13-14-12-5/h3H,1-2H2,(H2,8,15)(H,16,17)(H2,9,10,18)(H,11,12,13,14)/t3-/m1/s1. The maximum absolute atomic E-state index is 11.3. The van der Waals surface area contributed by atoms with Crippen molar-refractivity contribution in [3.63, 3.8) is 0 Å². The van der Waals surface area contributed by atoms with Gasteiger partial charge >= 0.3 is 12.0 Å². The number of aromatic nitrogens is 4. The van der Waals surface area contributed by atoms with Crippen molar-refractivity contribution in [2.24, 2.45) is 5.73 Å². The van der Waals surface area contributed by atoms with Crippen molar-refractivity contribution in [3.8, 4) is 0 Å². The number of nitrogens with one attached hydrogen (secondary N) is 3. The molecule has 1 aromatic heterocycles. The Morgan fingerprint density at radius 1 is 1.44 bits per heavy atom. The zero-order chi connectivity index (χ0) is 13.5. The van der Waals surface area contributed by atoms with Crippen LogP contribution in [0, 0.1) is 0 Å². The van der Waals surface area contributed by atoms with Crippen molar-refractivity contribution < 1.29 is 19.5 Å². The van der Waals surface area contributed by atoms with Crippen LogP contribution in [0.3, 0.4) is 0 Å². The second kappa shape index (κ2) is 6.12. The van der Waals surface area contributed by atoms with Crippen molar-refractivity contribution in [2.75, 3.05) is 0 Å². The molecule has 18 heavy (non-hydrogen) atoms. The smallest absolute Gasteiger partial charge is 0.326 e. The van der Waals surface area contributed by atoms with Gasteiger partial charge in [0.25, 0.3) is 0 Å². The molecule has 0 unspecified atom stereocenters. The third kappa shape index (κ3) is 4.42. The predicted molar refractivity (Wildman–Crippen MR) is 54.8 cm³/mol. The number of rotatable bonds is 6. The fraction of sp³-hybridized carbons (Fsp3) is 0.429. The van der Waals surface area contributed by atoms with E-state index in [-0.39, 0.29) is 12.4 Å². The maximum Gasteiger partial charge on any atom is 0.326 e. The van der Waals surface area contributed by atoms with E-state index in [0.717, 1.165) is 0 Å². The molecule has 0 aliphatic heterocycles. The number of carboxylic acid groups (broad SMARTS) is 1. The Morgan fingerprint density at radius 3 is 2.67 bits per heavy atom. The highest BCUT2D eigenvalue weighted by atomic mass is 16.4. The average molecular weight is 257 g/mol. The van der Waals surface area contributed by atoms with E-state index in [9.17, 15) is 14.4 Å². The Hall–Kier alpha value is -2.72. The van der Waals surface area contributed by atoms with Crippen molar-refractivity contribution in [1.82, 2.24) is 31.3 Å². The number of carboxylic acids is 1. The second-order valence-corrected chi connectivity index (χ2v) is 3.22. The molecule has 0 saturated carbocycles. The first-order valence-electron chi connectivity index (χ1n) is 4.77. The summed E-state index contributed by atoms with van der Waals surface area (Å²) < 4.78 is 0. The van der Waals surface area contributed by atoms with E-state index in [0.29, 0.717) is 0 Å². The molecule has 11 nitrogen and oxygen atoms in total. The molecule has 0 aromatic carbocycles. The van der Waals surface area contributed by atoms with Crippen LogP contribution < -0.4 is 16.4 Å². The minimum Gasteiger partial charge on any atom is -0.480 e. The van der Waals surface area contributed by atoms with Gasteiger partial charge in [0.15, 0.2) is 5.82 Å². The zero-order valence-corrected chi connectivity index (χ0v) is 9.08. The molecule has 1 heterocycles. The van der Waals surface area contributed by atoms with E-state index in [1.165, 1.54) is 0 Å². The topological polar surface area (TPSA) is 176 Å². The predicted octanol–water partition coefficient (Wildman–Crippen LogP) is -2.67. The summed E-state index contributed by atoms with van der Waals surface area (Å²) in [6.07, 6.45) is -0.495. The fourth-order valence-corrected chi connectivity index (χ4v) is 1.03. The minimum absolute atomic E-state index is 0.0365. The van der Waals surface area contributed by atoms with Crippen molar-refractivity contribution in [3.05, 3.63) is 5.82 Å². The summed E-state index contributed by atoms with van der Waals surface area (Å²) in [5, 5.41) is 25.7. The van der Waals surface area contributed by atoms with E-state index >= 15 is 0 Å². The Labute approximate surface area is 100 Å². The van der Waals surface area contributed by atoms with Crippen LogP contribution in [0.1, 0.15) is 12.2 Å². The monoisotopic (exact) mass is 257 g/mol. The molecule has 6 N–H and O–H groups in total. The third-order valence-corrected chi connectivity index (χ3v) is 1.80. The third-order valence-electron chi connectivity index (χ3n) is 1.80. The Bertz CT molecular complexity index is 431. The van der Waals surface area contributed by atoms with Crippen molar-refractivity contribution >= 4 is 17.9 Å². The SMILES string of the molecule is NC(=O)C[C@@H](NC(=O)NCc1nn[nH]n1)C(=O)O. The number of primary amides is 1. The summed E-state index contributed by atoms with van der Waals surface area (Å²) in [6.45, 7) is -0.0365. The fourth-order valence-electron chi connectivity index (χ4n) is 1.03. The van der Waals surface area contributed by atoms with Crippen LogP contribution in [0.25, 0.3) is 0 Å². The maximum atomic E-state index is 11.3. The highest BCUT2D eigenvalue weighted by Crippen LogP contribution is 1.92. The Kier molecular flexibility index (Phi) is 4.54.